The molecule has 0 saturated heterocycles. The first-order valence-electron chi connectivity index (χ1n) is 8.83. The summed E-state index contributed by atoms with van der Waals surface area (Å²) in [6.45, 7) is 4.02. The van der Waals surface area contributed by atoms with Crippen LogP contribution in [0.15, 0.2) is 77.7 Å². The maximum atomic E-state index is 12.9. The minimum atomic E-state index is -0.228. The zero-order valence-electron chi connectivity index (χ0n) is 15.4. The fraction of sp³-hybridized carbons (Fsp3) is 0.130. The first kappa shape index (κ1) is 18.9. The highest BCUT2D eigenvalue weighted by Crippen LogP contribution is 2.23. The van der Waals surface area contributed by atoms with E-state index < -0.39 is 0 Å². The van der Waals surface area contributed by atoms with Gasteiger partial charge in [0.05, 0.1) is 5.69 Å². The average molecular weight is 375 g/mol. The smallest absolute Gasteiger partial charge is 0.255 e. The molecule has 1 N–H and O–H groups in total. The Morgan fingerprint density at radius 1 is 0.889 bits per heavy atom. The number of benzene rings is 3. The Kier molecular flexibility index (Phi) is 6.09. The lowest BCUT2D eigenvalue weighted by Crippen LogP contribution is -2.15. The molecule has 0 aliphatic carbocycles. The molecule has 3 aromatic rings. The fourth-order valence-corrected chi connectivity index (χ4v) is 3.43. The van der Waals surface area contributed by atoms with Crippen molar-refractivity contribution in [2.75, 3.05) is 11.1 Å². The second kappa shape index (κ2) is 8.69. The first-order valence-corrected chi connectivity index (χ1v) is 9.81. The van der Waals surface area contributed by atoms with Crippen LogP contribution in [0, 0.1) is 6.92 Å². The summed E-state index contributed by atoms with van der Waals surface area (Å²) in [7, 11) is 0. The number of thioether (sulfide) groups is 1. The van der Waals surface area contributed by atoms with Crippen molar-refractivity contribution in [3.05, 3.63) is 95.1 Å². The van der Waals surface area contributed by atoms with Crippen LogP contribution < -0.4 is 5.32 Å². The maximum absolute atomic E-state index is 12.9. The van der Waals surface area contributed by atoms with Crippen molar-refractivity contribution in [2.45, 2.75) is 18.7 Å². The van der Waals surface area contributed by atoms with Crippen LogP contribution in [0.3, 0.4) is 0 Å². The van der Waals surface area contributed by atoms with Gasteiger partial charge in [0.2, 0.25) is 0 Å². The van der Waals surface area contributed by atoms with Gasteiger partial charge < -0.3 is 5.32 Å². The molecule has 0 atom stereocenters. The van der Waals surface area contributed by atoms with Crippen molar-refractivity contribution in [2.24, 2.45) is 0 Å². The summed E-state index contributed by atoms with van der Waals surface area (Å²) < 4.78 is 0. The van der Waals surface area contributed by atoms with Crippen LogP contribution in [-0.2, 0) is 0 Å². The SMILES string of the molecule is CCSc1ccc(C(=O)Nc2ccc(C)cc2C(=O)c2ccccc2)cc1. The normalized spacial score (nSPS) is 10.4. The average Bonchev–Trinajstić information content (AvgIpc) is 2.70. The van der Waals surface area contributed by atoms with Gasteiger partial charge in [-0.2, -0.15) is 0 Å². The number of carbonyl (C=O) groups is 2. The molecule has 3 rings (SSSR count). The lowest BCUT2D eigenvalue weighted by molar-refractivity contribution is 0.102. The third kappa shape index (κ3) is 4.66. The van der Waals surface area contributed by atoms with Crippen molar-refractivity contribution in [3.63, 3.8) is 0 Å². The molecule has 0 unspecified atom stereocenters. The molecule has 0 radical (unpaired) electrons. The number of nitrogens with one attached hydrogen (secondary N) is 1. The van der Waals surface area contributed by atoms with Gasteiger partial charge in [-0.15, -0.1) is 11.8 Å². The minimum absolute atomic E-state index is 0.107. The standard InChI is InChI=1S/C23H21NO2S/c1-3-27-19-12-10-18(11-13-19)23(26)24-21-14-9-16(2)15-20(21)22(25)17-7-5-4-6-8-17/h4-15H,3H2,1-2H3,(H,24,26). The number of hydrogen-bond donors (Lipinski definition) is 1. The summed E-state index contributed by atoms with van der Waals surface area (Å²) in [6, 6.07) is 22.1. The van der Waals surface area contributed by atoms with Gasteiger partial charge in [-0.3, -0.25) is 9.59 Å². The summed E-state index contributed by atoms with van der Waals surface area (Å²) >= 11 is 1.73. The van der Waals surface area contributed by atoms with Crippen molar-refractivity contribution in [1.82, 2.24) is 0 Å². The van der Waals surface area contributed by atoms with Crippen LogP contribution in [0.5, 0.6) is 0 Å². The number of carbonyl (C=O) groups excluding carboxylic acids is 2. The molecular formula is C23H21NO2S. The van der Waals surface area contributed by atoms with E-state index in [2.05, 4.69) is 12.2 Å². The molecule has 0 aromatic heterocycles. The maximum Gasteiger partial charge on any atom is 0.255 e. The fourth-order valence-electron chi connectivity index (χ4n) is 2.76. The third-order valence-corrected chi connectivity index (χ3v) is 5.03. The van der Waals surface area contributed by atoms with Gasteiger partial charge in [0.25, 0.3) is 5.91 Å². The monoisotopic (exact) mass is 375 g/mol. The van der Waals surface area contributed by atoms with Gasteiger partial charge in [0, 0.05) is 21.6 Å². The molecule has 0 bridgehead atoms. The van der Waals surface area contributed by atoms with Crippen LogP contribution in [0.1, 0.15) is 38.8 Å². The molecule has 4 heteroatoms. The summed E-state index contributed by atoms with van der Waals surface area (Å²) in [4.78, 5) is 26.7. The van der Waals surface area contributed by atoms with Crippen molar-refractivity contribution < 1.29 is 9.59 Å². The molecule has 1 amide bonds. The predicted molar refractivity (Wildman–Crippen MR) is 112 cm³/mol. The van der Waals surface area contributed by atoms with E-state index in [1.807, 2.05) is 49.4 Å². The van der Waals surface area contributed by atoms with Gasteiger partial charge in [0.15, 0.2) is 5.78 Å². The number of aryl methyl sites for hydroxylation is 1. The van der Waals surface area contributed by atoms with Gasteiger partial charge in [0.1, 0.15) is 0 Å². The number of rotatable bonds is 6. The third-order valence-electron chi connectivity index (χ3n) is 4.13. The Balaban J connectivity index is 1.86. The molecule has 136 valence electrons. The van der Waals surface area contributed by atoms with Crippen molar-refractivity contribution in [3.8, 4) is 0 Å². The molecule has 0 spiro atoms. The van der Waals surface area contributed by atoms with Gasteiger partial charge in [-0.05, 0) is 49.1 Å². The quantitative estimate of drug-likeness (QED) is 0.451. The number of ketones is 1. The number of amides is 1. The van der Waals surface area contributed by atoms with Gasteiger partial charge in [-0.25, -0.2) is 0 Å². The molecule has 0 fully saturated rings. The number of anilines is 1. The van der Waals surface area contributed by atoms with Crippen molar-refractivity contribution in [1.29, 1.82) is 0 Å². The van der Waals surface area contributed by atoms with Crippen LogP contribution in [0.2, 0.25) is 0 Å². The van der Waals surface area contributed by atoms with E-state index in [9.17, 15) is 9.59 Å². The topological polar surface area (TPSA) is 46.2 Å². The summed E-state index contributed by atoms with van der Waals surface area (Å²) in [5.41, 5.74) is 3.14. The van der Waals surface area contributed by atoms with Gasteiger partial charge >= 0.3 is 0 Å². The zero-order chi connectivity index (χ0) is 19.2. The molecule has 0 heterocycles. The van der Waals surface area contributed by atoms with Crippen molar-refractivity contribution >= 4 is 29.1 Å². The van der Waals surface area contributed by atoms with Crippen LogP contribution >= 0.6 is 11.8 Å². The molecule has 0 aliphatic heterocycles. The Hall–Kier alpha value is -2.85. The van der Waals surface area contributed by atoms with E-state index in [4.69, 9.17) is 0 Å². The van der Waals surface area contributed by atoms with E-state index >= 15 is 0 Å². The predicted octanol–water partition coefficient (Wildman–Crippen LogP) is 5.59. The second-order valence-electron chi connectivity index (χ2n) is 6.16. The summed E-state index contributed by atoms with van der Waals surface area (Å²) in [5, 5.41) is 2.89. The highest BCUT2D eigenvalue weighted by atomic mass is 32.2. The minimum Gasteiger partial charge on any atom is -0.321 e. The summed E-state index contributed by atoms with van der Waals surface area (Å²) in [6.07, 6.45) is 0. The Labute approximate surface area is 163 Å². The molecule has 0 aliphatic rings. The van der Waals surface area contributed by atoms with Gasteiger partial charge in [-0.1, -0.05) is 48.9 Å². The molecule has 27 heavy (non-hydrogen) atoms. The molecule has 3 aromatic carbocycles. The van der Waals surface area contributed by atoms with E-state index in [0.717, 1.165) is 16.2 Å². The van der Waals surface area contributed by atoms with Crippen LogP contribution in [-0.4, -0.2) is 17.4 Å². The highest BCUT2D eigenvalue weighted by Gasteiger charge is 2.16. The molecule has 0 saturated carbocycles. The van der Waals surface area contributed by atoms with E-state index in [1.165, 1.54) is 0 Å². The number of hydrogen-bond acceptors (Lipinski definition) is 3. The second-order valence-corrected chi connectivity index (χ2v) is 7.49. The Morgan fingerprint density at radius 3 is 2.26 bits per heavy atom. The highest BCUT2D eigenvalue weighted by molar-refractivity contribution is 7.99. The molecular weight excluding hydrogens is 354 g/mol. The first-order chi connectivity index (χ1) is 13.1. The van der Waals surface area contributed by atoms with E-state index in [-0.39, 0.29) is 11.7 Å². The molecule has 3 nitrogen and oxygen atoms in total. The van der Waals surface area contributed by atoms with E-state index in [1.54, 1.807) is 42.1 Å². The zero-order valence-corrected chi connectivity index (χ0v) is 16.2. The van der Waals surface area contributed by atoms with E-state index in [0.29, 0.717) is 22.4 Å². The van der Waals surface area contributed by atoms with Crippen LogP contribution in [0.4, 0.5) is 5.69 Å². The summed E-state index contributed by atoms with van der Waals surface area (Å²) in [5.74, 6) is 0.651. The lowest BCUT2D eigenvalue weighted by atomic mass is 9.99. The van der Waals surface area contributed by atoms with Crippen LogP contribution in [0.25, 0.3) is 0 Å². The Morgan fingerprint density at radius 2 is 1.59 bits per heavy atom. The largest absolute Gasteiger partial charge is 0.321 e. The lowest BCUT2D eigenvalue weighted by Gasteiger charge is -2.12. The Bertz CT molecular complexity index is 950.